The highest BCUT2D eigenvalue weighted by molar-refractivity contribution is 7.18. The molecular weight excluding hydrogens is 424 g/mol. The lowest BCUT2D eigenvalue weighted by molar-refractivity contribution is -0.116. The van der Waals surface area contributed by atoms with Crippen LogP contribution in [0.25, 0.3) is 11.3 Å². The molecule has 32 heavy (non-hydrogen) atoms. The number of primary amides is 1. The number of rotatable bonds is 8. The monoisotopic (exact) mass is 448 g/mol. The number of benzene rings is 2. The summed E-state index contributed by atoms with van der Waals surface area (Å²) >= 11 is 1.29. The predicted octanol–water partition coefficient (Wildman–Crippen LogP) is 3.97. The van der Waals surface area contributed by atoms with Crippen molar-refractivity contribution in [3.05, 3.63) is 72.1 Å². The van der Waals surface area contributed by atoms with Crippen LogP contribution in [0.2, 0.25) is 0 Å². The van der Waals surface area contributed by atoms with Crippen molar-refractivity contribution >= 4 is 28.3 Å². The number of hydrogen-bond acceptors (Lipinski definition) is 6. The molecule has 3 aromatic rings. The Morgan fingerprint density at radius 3 is 2.59 bits per heavy atom. The van der Waals surface area contributed by atoms with Crippen LogP contribution in [0.3, 0.4) is 0 Å². The standard InChI is InChI=1S/C24H24N4O3S/c1-2-20(29)26-15-17-7-6-14-28(17)24-27-21(22(32-24)23(25)30)16-10-12-19(13-11-16)31-18-8-4-3-5-9-18/h2-5,8-13,17H,1,6-7,14-15H2,(H2,25,30)(H,26,29)/t17-/m0/s1. The van der Waals surface area contributed by atoms with E-state index in [9.17, 15) is 9.59 Å². The Morgan fingerprint density at radius 2 is 1.91 bits per heavy atom. The molecule has 1 atom stereocenters. The Bertz CT molecular complexity index is 1110. The van der Waals surface area contributed by atoms with Crippen LogP contribution in [-0.4, -0.2) is 35.9 Å². The molecule has 0 saturated carbocycles. The van der Waals surface area contributed by atoms with Crippen molar-refractivity contribution in [3.8, 4) is 22.8 Å². The molecule has 1 saturated heterocycles. The van der Waals surface area contributed by atoms with Gasteiger partial charge >= 0.3 is 0 Å². The summed E-state index contributed by atoms with van der Waals surface area (Å²) in [5, 5.41) is 3.58. The van der Waals surface area contributed by atoms with Crippen molar-refractivity contribution in [3.63, 3.8) is 0 Å². The number of thiazole rings is 1. The van der Waals surface area contributed by atoms with Gasteiger partial charge in [-0.2, -0.15) is 0 Å². The molecule has 1 fully saturated rings. The van der Waals surface area contributed by atoms with Crippen molar-refractivity contribution < 1.29 is 14.3 Å². The Hall–Kier alpha value is -3.65. The number of ether oxygens (including phenoxy) is 1. The van der Waals surface area contributed by atoms with Gasteiger partial charge in [0.05, 0.1) is 5.69 Å². The number of nitrogens with zero attached hydrogens (tertiary/aromatic N) is 2. The molecule has 2 amide bonds. The molecule has 4 rings (SSSR count). The van der Waals surface area contributed by atoms with Crippen molar-refractivity contribution in [2.75, 3.05) is 18.0 Å². The third-order valence-corrected chi connectivity index (χ3v) is 6.37. The lowest BCUT2D eigenvalue weighted by atomic mass is 10.1. The molecule has 1 aliphatic heterocycles. The third kappa shape index (κ3) is 4.81. The summed E-state index contributed by atoms with van der Waals surface area (Å²) in [4.78, 5) is 31.0. The Balaban J connectivity index is 1.56. The number of para-hydroxylation sites is 1. The Morgan fingerprint density at radius 1 is 1.19 bits per heavy atom. The van der Waals surface area contributed by atoms with Crippen LogP contribution in [-0.2, 0) is 4.79 Å². The molecule has 0 unspecified atom stereocenters. The van der Waals surface area contributed by atoms with Gasteiger partial charge in [0.15, 0.2) is 5.13 Å². The van der Waals surface area contributed by atoms with Crippen LogP contribution >= 0.6 is 11.3 Å². The van der Waals surface area contributed by atoms with Crippen molar-refractivity contribution in [1.29, 1.82) is 0 Å². The highest BCUT2D eigenvalue weighted by atomic mass is 32.1. The molecule has 8 heteroatoms. The van der Waals surface area contributed by atoms with Crippen LogP contribution in [0.4, 0.5) is 5.13 Å². The van der Waals surface area contributed by atoms with E-state index in [4.69, 9.17) is 15.5 Å². The average Bonchev–Trinajstić information content (AvgIpc) is 3.46. The molecule has 3 N–H and O–H groups in total. The number of anilines is 1. The predicted molar refractivity (Wildman–Crippen MR) is 126 cm³/mol. The highest BCUT2D eigenvalue weighted by Gasteiger charge is 2.29. The van der Waals surface area contributed by atoms with Crippen LogP contribution < -0.4 is 20.7 Å². The molecule has 1 aromatic heterocycles. The summed E-state index contributed by atoms with van der Waals surface area (Å²) in [7, 11) is 0. The van der Waals surface area contributed by atoms with Gasteiger partial charge < -0.3 is 20.7 Å². The first-order chi connectivity index (χ1) is 15.5. The van der Waals surface area contributed by atoms with Crippen molar-refractivity contribution in [2.45, 2.75) is 18.9 Å². The fraction of sp³-hybridized carbons (Fsp3) is 0.208. The van der Waals surface area contributed by atoms with Gasteiger partial charge in [0.1, 0.15) is 16.4 Å². The maximum Gasteiger partial charge on any atom is 0.261 e. The minimum absolute atomic E-state index is 0.111. The second-order valence-electron chi connectivity index (χ2n) is 7.42. The van der Waals surface area contributed by atoms with Gasteiger partial charge in [-0.05, 0) is 55.3 Å². The van der Waals surface area contributed by atoms with Gasteiger partial charge in [0.25, 0.3) is 5.91 Å². The minimum atomic E-state index is -0.510. The van der Waals surface area contributed by atoms with E-state index < -0.39 is 5.91 Å². The van der Waals surface area contributed by atoms with Gasteiger partial charge in [-0.1, -0.05) is 36.1 Å². The number of aromatic nitrogens is 1. The summed E-state index contributed by atoms with van der Waals surface area (Å²) in [6.45, 7) is 4.79. The third-order valence-electron chi connectivity index (χ3n) is 5.27. The molecule has 164 valence electrons. The molecular formula is C24H24N4O3S. The van der Waals surface area contributed by atoms with Crippen LogP contribution in [0, 0.1) is 0 Å². The maximum absolute atomic E-state index is 12.1. The fourth-order valence-corrected chi connectivity index (χ4v) is 4.73. The van der Waals surface area contributed by atoms with E-state index in [-0.39, 0.29) is 11.9 Å². The molecule has 0 spiro atoms. The maximum atomic E-state index is 12.1. The van der Waals surface area contributed by atoms with E-state index in [2.05, 4.69) is 16.8 Å². The second kappa shape index (κ2) is 9.65. The van der Waals surface area contributed by atoms with E-state index in [1.807, 2.05) is 54.6 Å². The average molecular weight is 449 g/mol. The number of carbonyl (C=O) groups excluding carboxylic acids is 2. The van der Waals surface area contributed by atoms with Crippen LogP contribution in [0.15, 0.2) is 67.3 Å². The minimum Gasteiger partial charge on any atom is -0.457 e. The van der Waals surface area contributed by atoms with Gasteiger partial charge in [-0.3, -0.25) is 9.59 Å². The zero-order valence-electron chi connectivity index (χ0n) is 17.5. The normalized spacial score (nSPS) is 15.4. The lowest BCUT2D eigenvalue weighted by Gasteiger charge is -2.24. The Labute approximate surface area is 190 Å². The fourth-order valence-electron chi connectivity index (χ4n) is 3.69. The first-order valence-corrected chi connectivity index (χ1v) is 11.2. The zero-order chi connectivity index (χ0) is 22.5. The largest absolute Gasteiger partial charge is 0.457 e. The lowest BCUT2D eigenvalue weighted by Crippen LogP contribution is -2.39. The molecule has 7 nitrogen and oxygen atoms in total. The topological polar surface area (TPSA) is 97.6 Å². The van der Waals surface area contributed by atoms with Crippen molar-refractivity contribution in [1.82, 2.24) is 10.3 Å². The Kier molecular flexibility index (Phi) is 6.51. The zero-order valence-corrected chi connectivity index (χ0v) is 18.3. The first-order valence-electron chi connectivity index (χ1n) is 10.4. The molecule has 1 aliphatic rings. The van der Waals surface area contributed by atoms with Gasteiger partial charge in [-0.15, -0.1) is 0 Å². The second-order valence-corrected chi connectivity index (χ2v) is 8.39. The van der Waals surface area contributed by atoms with E-state index in [1.165, 1.54) is 17.4 Å². The molecule has 0 aliphatic carbocycles. The van der Waals surface area contributed by atoms with Crippen LogP contribution in [0.5, 0.6) is 11.5 Å². The highest BCUT2D eigenvalue weighted by Crippen LogP contribution is 2.36. The summed E-state index contributed by atoms with van der Waals surface area (Å²) < 4.78 is 5.84. The van der Waals surface area contributed by atoms with E-state index in [0.29, 0.717) is 22.9 Å². The van der Waals surface area contributed by atoms with Gasteiger partial charge in [0, 0.05) is 24.7 Å². The number of carbonyl (C=O) groups is 2. The summed E-state index contributed by atoms with van der Waals surface area (Å²) in [6, 6.07) is 17.1. The molecule has 2 aromatic carbocycles. The summed E-state index contributed by atoms with van der Waals surface area (Å²) in [6.07, 6.45) is 3.18. The van der Waals surface area contributed by atoms with E-state index >= 15 is 0 Å². The summed E-state index contributed by atoms with van der Waals surface area (Å²) in [5.74, 6) is 0.725. The van der Waals surface area contributed by atoms with Gasteiger partial charge in [0.2, 0.25) is 5.91 Å². The molecule has 0 bridgehead atoms. The SMILES string of the molecule is C=CC(=O)NC[C@@H]1CCCN1c1nc(-c2ccc(Oc3ccccc3)cc2)c(C(N)=O)s1. The molecule has 2 heterocycles. The van der Waals surface area contributed by atoms with Gasteiger partial charge in [-0.25, -0.2) is 4.98 Å². The van der Waals surface area contributed by atoms with E-state index in [1.54, 1.807) is 0 Å². The first kappa shape index (κ1) is 21.6. The number of amides is 2. The quantitative estimate of drug-likeness (QED) is 0.508. The number of nitrogens with two attached hydrogens (primary N) is 1. The molecule has 0 radical (unpaired) electrons. The van der Waals surface area contributed by atoms with E-state index in [0.717, 1.165) is 35.8 Å². The van der Waals surface area contributed by atoms with Crippen LogP contribution in [0.1, 0.15) is 22.5 Å². The summed E-state index contributed by atoms with van der Waals surface area (Å²) in [5.41, 5.74) is 7.02. The smallest absolute Gasteiger partial charge is 0.261 e. The number of hydrogen-bond donors (Lipinski definition) is 2. The van der Waals surface area contributed by atoms with Crippen molar-refractivity contribution in [2.24, 2.45) is 5.73 Å². The number of nitrogens with one attached hydrogen (secondary N) is 1.